The molecule has 0 saturated carbocycles. The molecule has 2 aromatic rings. The van der Waals surface area contributed by atoms with Crippen LogP contribution in [-0.4, -0.2) is 25.3 Å². The van der Waals surface area contributed by atoms with Crippen LogP contribution in [0.25, 0.3) is 0 Å². The van der Waals surface area contributed by atoms with E-state index in [1.54, 1.807) is 0 Å². The van der Waals surface area contributed by atoms with Crippen molar-refractivity contribution >= 4 is 17.1 Å². The van der Waals surface area contributed by atoms with Crippen LogP contribution in [-0.2, 0) is 11.3 Å². The van der Waals surface area contributed by atoms with E-state index in [1.807, 2.05) is 12.1 Å². The summed E-state index contributed by atoms with van der Waals surface area (Å²) in [6, 6.07) is 14.6. The molecule has 1 fully saturated rings. The largest absolute Gasteiger partial charge is 0.399 e. The van der Waals surface area contributed by atoms with Crippen LogP contribution >= 0.6 is 0 Å². The summed E-state index contributed by atoms with van der Waals surface area (Å²) in [7, 11) is 0. The normalized spacial score (nSPS) is 20.9. The lowest BCUT2D eigenvalue weighted by atomic mass is 10.1. The number of morpholine rings is 1. The van der Waals surface area contributed by atoms with Gasteiger partial charge in [0.25, 0.3) is 0 Å². The minimum absolute atomic E-state index is 0.275. The van der Waals surface area contributed by atoms with Gasteiger partial charge in [0, 0.05) is 36.7 Å². The monoisotopic (exact) mass is 325 g/mol. The van der Waals surface area contributed by atoms with Gasteiger partial charge in [-0.25, -0.2) is 0 Å². The molecule has 24 heavy (non-hydrogen) atoms. The molecule has 4 nitrogen and oxygen atoms in total. The van der Waals surface area contributed by atoms with Crippen LogP contribution in [0.5, 0.6) is 0 Å². The Morgan fingerprint density at radius 3 is 2.38 bits per heavy atom. The fraction of sp³-hybridized carbons (Fsp3) is 0.400. The highest BCUT2D eigenvalue weighted by atomic mass is 16.5. The minimum Gasteiger partial charge on any atom is -0.399 e. The number of rotatable bonds is 4. The maximum absolute atomic E-state index is 5.82. The van der Waals surface area contributed by atoms with Crippen LogP contribution in [0.15, 0.2) is 42.5 Å². The molecule has 3 N–H and O–H groups in total. The predicted molar refractivity (Wildman–Crippen MR) is 102 cm³/mol. The number of hydrogen-bond donors (Lipinski definition) is 2. The summed E-state index contributed by atoms with van der Waals surface area (Å²) in [6.45, 7) is 9.12. The number of nitrogens with two attached hydrogens (primary N) is 1. The first-order valence-electron chi connectivity index (χ1n) is 8.60. The van der Waals surface area contributed by atoms with Crippen molar-refractivity contribution in [3.63, 3.8) is 0 Å². The van der Waals surface area contributed by atoms with E-state index >= 15 is 0 Å². The Labute approximate surface area is 144 Å². The van der Waals surface area contributed by atoms with Crippen LogP contribution < -0.4 is 16.0 Å². The zero-order valence-corrected chi connectivity index (χ0v) is 14.8. The van der Waals surface area contributed by atoms with E-state index in [0.717, 1.165) is 25.3 Å². The van der Waals surface area contributed by atoms with Crippen molar-refractivity contribution < 1.29 is 4.74 Å². The molecule has 4 heteroatoms. The first-order valence-corrected chi connectivity index (χ1v) is 8.60. The molecule has 0 aromatic heterocycles. The van der Waals surface area contributed by atoms with E-state index in [2.05, 4.69) is 61.3 Å². The lowest BCUT2D eigenvalue weighted by molar-refractivity contribution is -0.00521. The third-order valence-corrected chi connectivity index (χ3v) is 4.46. The second-order valence-electron chi connectivity index (χ2n) is 6.76. The lowest BCUT2D eigenvalue weighted by Crippen LogP contribution is -2.45. The average Bonchev–Trinajstić information content (AvgIpc) is 2.54. The van der Waals surface area contributed by atoms with E-state index in [0.29, 0.717) is 0 Å². The van der Waals surface area contributed by atoms with E-state index in [1.165, 1.54) is 22.5 Å². The topological polar surface area (TPSA) is 50.5 Å². The zero-order valence-electron chi connectivity index (χ0n) is 14.8. The van der Waals surface area contributed by atoms with Gasteiger partial charge in [-0.3, -0.25) is 0 Å². The third-order valence-electron chi connectivity index (χ3n) is 4.46. The van der Waals surface area contributed by atoms with Crippen molar-refractivity contribution in [1.29, 1.82) is 0 Å². The number of anilines is 3. The number of hydrogen-bond acceptors (Lipinski definition) is 4. The molecule has 1 heterocycles. The first-order chi connectivity index (χ1) is 11.5. The molecule has 0 unspecified atom stereocenters. The molecule has 1 aliphatic heterocycles. The summed E-state index contributed by atoms with van der Waals surface area (Å²) in [6.07, 6.45) is 0.551. The second kappa shape index (κ2) is 7.14. The van der Waals surface area contributed by atoms with E-state index in [-0.39, 0.29) is 12.2 Å². The maximum atomic E-state index is 5.82. The van der Waals surface area contributed by atoms with Crippen LogP contribution in [0.1, 0.15) is 25.0 Å². The number of nitrogen functional groups attached to an aromatic ring is 1. The van der Waals surface area contributed by atoms with Crippen LogP contribution in [0, 0.1) is 6.92 Å². The van der Waals surface area contributed by atoms with Crippen molar-refractivity contribution in [2.24, 2.45) is 0 Å². The maximum Gasteiger partial charge on any atom is 0.0726 e. The number of ether oxygens (including phenoxy) is 1. The Hall–Kier alpha value is -2.20. The van der Waals surface area contributed by atoms with Crippen molar-refractivity contribution in [2.75, 3.05) is 29.0 Å². The van der Waals surface area contributed by atoms with Gasteiger partial charge in [-0.1, -0.05) is 12.1 Å². The highest BCUT2D eigenvalue weighted by Gasteiger charge is 2.22. The van der Waals surface area contributed by atoms with Gasteiger partial charge in [0.05, 0.1) is 12.2 Å². The summed E-state index contributed by atoms with van der Waals surface area (Å²) in [4.78, 5) is 2.41. The van der Waals surface area contributed by atoms with Gasteiger partial charge in [0.1, 0.15) is 0 Å². The Morgan fingerprint density at radius 2 is 1.75 bits per heavy atom. The Kier molecular flexibility index (Phi) is 4.95. The van der Waals surface area contributed by atoms with E-state index < -0.39 is 0 Å². The molecule has 3 rings (SSSR count). The van der Waals surface area contributed by atoms with Crippen molar-refractivity contribution in [2.45, 2.75) is 39.5 Å². The first kappa shape index (κ1) is 16.7. The summed E-state index contributed by atoms with van der Waals surface area (Å²) in [5, 5.41) is 3.51. The molecule has 1 aliphatic rings. The standard InChI is InChI=1S/C20H27N3O/c1-14-10-19(23-12-15(2)24-16(3)13-23)8-9-20(14)22-11-17-4-6-18(21)7-5-17/h4-10,15-16,22H,11-13,21H2,1-3H3/t15-,16+. The summed E-state index contributed by atoms with van der Waals surface area (Å²) in [5.41, 5.74) is 11.5. The van der Waals surface area contributed by atoms with Gasteiger partial charge >= 0.3 is 0 Å². The van der Waals surface area contributed by atoms with Gasteiger partial charge in [-0.05, 0) is 62.2 Å². The Bertz CT molecular complexity index is 674. The highest BCUT2D eigenvalue weighted by Crippen LogP contribution is 2.26. The quantitative estimate of drug-likeness (QED) is 0.840. The van der Waals surface area contributed by atoms with Crippen molar-refractivity contribution in [1.82, 2.24) is 0 Å². The SMILES string of the molecule is Cc1cc(N2C[C@@H](C)O[C@@H](C)C2)ccc1NCc1ccc(N)cc1. The average molecular weight is 325 g/mol. The molecule has 0 aliphatic carbocycles. The number of benzene rings is 2. The molecule has 0 bridgehead atoms. The molecule has 0 radical (unpaired) electrons. The van der Waals surface area contributed by atoms with Crippen molar-refractivity contribution in [3.8, 4) is 0 Å². The highest BCUT2D eigenvalue weighted by molar-refractivity contribution is 5.60. The summed E-state index contributed by atoms with van der Waals surface area (Å²) >= 11 is 0. The number of aryl methyl sites for hydroxylation is 1. The van der Waals surface area contributed by atoms with Gasteiger partial charge in [0.2, 0.25) is 0 Å². The second-order valence-corrected chi connectivity index (χ2v) is 6.76. The smallest absolute Gasteiger partial charge is 0.0726 e. The lowest BCUT2D eigenvalue weighted by Gasteiger charge is -2.37. The molecular weight excluding hydrogens is 298 g/mol. The van der Waals surface area contributed by atoms with Crippen LogP contribution in [0.2, 0.25) is 0 Å². The number of nitrogens with zero attached hydrogens (tertiary/aromatic N) is 1. The summed E-state index contributed by atoms with van der Waals surface area (Å²) < 4.78 is 5.82. The van der Waals surface area contributed by atoms with Gasteiger partial charge < -0.3 is 20.7 Å². The fourth-order valence-electron chi connectivity index (χ4n) is 3.26. The van der Waals surface area contributed by atoms with Gasteiger partial charge in [-0.15, -0.1) is 0 Å². The molecule has 0 spiro atoms. The number of nitrogens with one attached hydrogen (secondary N) is 1. The zero-order chi connectivity index (χ0) is 17.1. The predicted octanol–water partition coefficient (Wildman–Crippen LogP) is 3.80. The van der Waals surface area contributed by atoms with E-state index in [4.69, 9.17) is 10.5 Å². The van der Waals surface area contributed by atoms with Gasteiger partial charge in [-0.2, -0.15) is 0 Å². The third kappa shape index (κ3) is 4.01. The van der Waals surface area contributed by atoms with E-state index in [9.17, 15) is 0 Å². The summed E-state index contributed by atoms with van der Waals surface area (Å²) in [5.74, 6) is 0. The molecule has 2 aromatic carbocycles. The van der Waals surface area contributed by atoms with Crippen LogP contribution in [0.4, 0.5) is 17.1 Å². The van der Waals surface area contributed by atoms with Crippen molar-refractivity contribution in [3.05, 3.63) is 53.6 Å². The molecule has 0 amide bonds. The van der Waals surface area contributed by atoms with Crippen LogP contribution in [0.3, 0.4) is 0 Å². The molecule has 2 atom stereocenters. The fourth-order valence-corrected chi connectivity index (χ4v) is 3.26. The molecule has 128 valence electrons. The Morgan fingerprint density at radius 1 is 1.08 bits per heavy atom. The molecular formula is C20H27N3O. The minimum atomic E-state index is 0.275. The molecule has 1 saturated heterocycles. The Balaban J connectivity index is 1.67. The van der Waals surface area contributed by atoms with Gasteiger partial charge in [0.15, 0.2) is 0 Å².